The molecule has 0 radical (unpaired) electrons. The summed E-state index contributed by atoms with van der Waals surface area (Å²) in [6, 6.07) is 4.62. The van der Waals surface area contributed by atoms with E-state index in [4.69, 9.17) is 23.8 Å². The van der Waals surface area contributed by atoms with E-state index in [1.165, 1.54) is 0 Å². The number of benzene rings is 1. The quantitative estimate of drug-likeness (QED) is 0.650. The Morgan fingerprint density at radius 3 is 2.94 bits per heavy atom. The van der Waals surface area contributed by atoms with Crippen molar-refractivity contribution in [2.75, 3.05) is 5.32 Å². The van der Waals surface area contributed by atoms with Gasteiger partial charge in [0.1, 0.15) is 0 Å². The first kappa shape index (κ1) is 13.3. The van der Waals surface area contributed by atoms with Crippen LogP contribution in [0.5, 0.6) is 0 Å². The van der Waals surface area contributed by atoms with Crippen molar-refractivity contribution in [3.05, 3.63) is 26.8 Å². The second-order valence-corrected chi connectivity index (χ2v) is 4.78. The number of amides is 1. The molecule has 0 fully saturated rings. The number of terminal acetylenes is 1. The van der Waals surface area contributed by atoms with E-state index in [1.807, 2.05) is 6.07 Å². The average Bonchev–Trinajstić information content (AvgIpc) is 2.22. The van der Waals surface area contributed by atoms with Crippen molar-refractivity contribution >= 4 is 45.8 Å². The van der Waals surface area contributed by atoms with Gasteiger partial charge in [-0.3, -0.25) is 4.79 Å². The van der Waals surface area contributed by atoms with Crippen LogP contribution in [0.25, 0.3) is 0 Å². The zero-order valence-corrected chi connectivity index (χ0v) is 11.2. The molecule has 0 aliphatic rings. The number of hydrogen-bond acceptors (Lipinski definition) is 2. The molecule has 1 atom stereocenters. The Morgan fingerprint density at radius 2 is 2.38 bits per heavy atom. The van der Waals surface area contributed by atoms with Crippen molar-refractivity contribution in [3.63, 3.8) is 0 Å². The van der Waals surface area contributed by atoms with Gasteiger partial charge >= 0.3 is 0 Å². The molecule has 0 saturated heterocycles. The Hall–Kier alpha value is -0.770. The summed E-state index contributed by atoms with van der Waals surface area (Å²) in [5, 5.41) is 3.11. The van der Waals surface area contributed by atoms with Crippen LogP contribution in [0.1, 0.15) is 6.42 Å². The molecule has 0 aliphatic carbocycles. The van der Waals surface area contributed by atoms with Gasteiger partial charge in [0.05, 0.1) is 16.8 Å². The zero-order chi connectivity index (χ0) is 12.1. The summed E-state index contributed by atoms with van der Waals surface area (Å²) >= 11 is 8.09. The molecule has 0 spiro atoms. The van der Waals surface area contributed by atoms with E-state index in [2.05, 4.69) is 33.8 Å². The molecule has 0 heterocycles. The third-order valence-corrected chi connectivity index (χ3v) is 2.85. The maximum Gasteiger partial charge on any atom is 0.242 e. The summed E-state index contributed by atoms with van der Waals surface area (Å²) in [4.78, 5) is 11.5. The lowest BCUT2D eigenvalue weighted by Gasteiger charge is -2.11. The van der Waals surface area contributed by atoms with E-state index >= 15 is 0 Å². The lowest BCUT2D eigenvalue weighted by molar-refractivity contribution is -0.117. The zero-order valence-electron chi connectivity index (χ0n) is 8.34. The molecule has 3 nitrogen and oxygen atoms in total. The maximum atomic E-state index is 11.5. The Kier molecular flexibility index (Phi) is 5.06. The van der Waals surface area contributed by atoms with Crippen LogP contribution in [0, 0.1) is 15.9 Å². The van der Waals surface area contributed by atoms with Crippen molar-refractivity contribution in [1.29, 1.82) is 0 Å². The summed E-state index contributed by atoms with van der Waals surface area (Å²) in [5.74, 6) is 2.01. The second-order valence-electron chi connectivity index (χ2n) is 3.13. The van der Waals surface area contributed by atoms with E-state index in [-0.39, 0.29) is 12.3 Å². The maximum absolute atomic E-state index is 11.5. The first-order valence-electron chi connectivity index (χ1n) is 4.49. The lowest BCUT2D eigenvalue weighted by atomic mass is 10.2. The number of rotatable bonds is 3. The van der Waals surface area contributed by atoms with Crippen LogP contribution < -0.4 is 11.1 Å². The molecule has 1 aromatic rings. The standard InChI is InChI=1S/C11H10ClIN2O/c1-2-3-9(14)11(16)15-10-5-4-7(13)6-8(10)12/h1,4-6,9H,3,14H2,(H,15,16). The van der Waals surface area contributed by atoms with Crippen LogP contribution >= 0.6 is 34.2 Å². The number of hydrogen-bond donors (Lipinski definition) is 2. The van der Waals surface area contributed by atoms with Crippen LogP contribution in [0.15, 0.2) is 18.2 Å². The van der Waals surface area contributed by atoms with E-state index in [1.54, 1.807) is 12.1 Å². The summed E-state index contributed by atoms with van der Waals surface area (Å²) in [6.07, 6.45) is 5.28. The van der Waals surface area contributed by atoms with Gasteiger partial charge in [0.2, 0.25) is 5.91 Å². The van der Waals surface area contributed by atoms with Crippen LogP contribution in [-0.2, 0) is 4.79 Å². The number of carbonyl (C=O) groups excluding carboxylic acids is 1. The van der Waals surface area contributed by atoms with Crippen LogP contribution in [-0.4, -0.2) is 11.9 Å². The number of carbonyl (C=O) groups is 1. The molecule has 0 aliphatic heterocycles. The summed E-state index contributed by atoms with van der Waals surface area (Å²) in [6.45, 7) is 0. The van der Waals surface area contributed by atoms with Crippen molar-refractivity contribution in [2.24, 2.45) is 5.73 Å². The van der Waals surface area contributed by atoms with Crippen LogP contribution in [0.4, 0.5) is 5.69 Å². The van der Waals surface area contributed by atoms with Gasteiger partial charge in [-0.15, -0.1) is 12.3 Å². The SMILES string of the molecule is C#CCC(N)C(=O)Nc1ccc(I)cc1Cl. The molecule has 1 aromatic carbocycles. The van der Waals surface area contributed by atoms with Crippen molar-refractivity contribution in [1.82, 2.24) is 0 Å². The van der Waals surface area contributed by atoms with Gasteiger partial charge in [0.25, 0.3) is 0 Å². The van der Waals surface area contributed by atoms with Crippen molar-refractivity contribution in [3.8, 4) is 12.3 Å². The number of nitrogens with one attached hydrogen (secondary N) is 1. The molecule has 0 saturated carbocycles. The molecule has 1 amide bonds. The number of anilines is 1. The highest BCUT2D eigenvalue weighted by Crippen LogP contribution is 2.23. The van der Waals surface area contributed by atoms with E-state index in [0.29, 0.717) is 10.7 Å². The Balaban J connectivity index is 2.74. The smallest absolute Gasteiger partial charge is 0.242 e. The third kappa shape index (κ3) is 3.67. The van der Waals surface area contributed by atoms with E-state index < -0.39 is 6.04 Å². The van der Waals surface area contributed by atoms with Gasteiger partial charge < -0.3 is 11.1 Å². The highest BCUT2D eigenvalue weighted by Gasteiger charge is 2.13. The van der Waals surface area contributed by atoms with Gasteiger partial charge in [-0.05, 0) is 40.8 Å². The van der Waals surface area contributed by atoms with Gasteiger partial charge in [-0.25, -0.2) is 0 Å². The summed E-state index contributed by atoms with van der Waals surface area (Å²) in [5.41, 5.74) is 6.10. The van der Waals surface area contributed by atoms with E-state index in [9.17, 15) is 4.79 Å². The Morgan fingerprint density at radius 1 is 1.69 bits per heavy atom. The lowest BCUT2D eigenvalue weighted by Crippen LogP contribution is -2.35. The molecule has 0 bridgehead atoms. The predicted molar refractivity (Wildman–Crippen MR) is 74.2 cm³/mol. The predicted octanol–water partition coefficient (Wildman–Crippen LogP) is 2.23. The molecular weight excluding hydrogens is 338 g/mol. The normalized spacial score (nSPS) is 11.6. The second kappa shape index (κ2) is 6.09. The molecule has 5 heteroatoms. The first-order chi connectivity index (χ1) is 7.54. The third-order valence-electron chi connectivity index (χ3n) is 1.86. The topological polar surface area (TPSA) is 55.1 Å². The number of nitrogens with two attached hydrogens (primary N) is 1. The molecule has 1 rings (SSSR count). The largest absolute Gasteiger partial charge is 0.323 e. The molecule has 0 aromatic heterocycles. The molecule has 3 N–H and O–H groups in total. The van der Waals surface area contributed by atoms with Gasteiger partial charge in [0.15, 0.2) is 0 Å². The molecule has 84 valence electrons. The Labute approximate surface area is 113 Å². The van der Waals surface area contributed by atoms with Gasteiger partial charge in [-0.2, -0.15) is 0 Å². The highest BCUT2D eigenvalue weighted by atomic mass is 127. The summed E-state index contributed by atoms with van der Waals surface area (Å²) in [7, 11) is 0. The molecule has 1 unspecified atom stereocenters. The molecular formula is C11H10ClIN2O. The first-order valence-corrected chi connectivity index (χ1v) is 5.95. The fourth-order valence-electron chi connectivity index (χ4n) is 1.04. The minimum absolute atomic E-state index is 0.202. The van der Waals surface area contributed by atoms with Gasteiger partial charge in [0, 0.05) is 9.99 Å². The van der Waals surface area contributed by atoms with E-state index in [0.717, 1.165) is 3.57 Å². The minimum atomic E-state index is -0.708. The fraction of sp³-hybridized carbons (Fsp3) is 0.182. The van der Waals surface area contributed by atoms with Crippen molar-refractivity contribution in [2.45, 2.75) is 12.5 Å². The average molecular weight is 349 g/mol. The molecule has 16 heavy (non-hydrogen) atoms. The summed E-state index contributed by atoms with van der Waals surface area (Å²) < 4.78 is 0.994. The Bertz CT molecular complexity index is 442. The monoisotopic (exact) mass is 348 g/mol. The van der Waals surface area contributed by atoms with Gasteiger partial charge in [-0.1, -0.05) is 11.6 Å². The fourth-order valence-corrected chi connectivity index (χ4v) is 1.94. The van der Waals surface area contributed by atoms with Crippen LogP contribution in [0.3, 0.4) is 0 Å². The minimum Gasteiger partial charge on any atom is -0.323 e. The number of halogens is 2. The van der Waals surface area contributed by atoms with Crippen molar-refractivity contribution < 1.29 is 4.79 Å². The highest BCUT2D eigenvalue weighted by molar-refractivity contribution is 14.1. The van der Waals surface area contributed by atoms with Crippen LogP contribution in [0.2, 0.25) is 5.02 Å².